The lowest BCUT2D eigenvalue weighted by Gasteiger charge is -2.39. The number of nitrogens with one attached hydrogen (secondary N) is 1. The first-order valence-corrected chi connectivity index (χ1v) is 6.12. The topological polar surface area (TPSA) is 105 Å². The quantitative estimate of drug-likeness (QED) is 0.634. The first-order chi connectivity index (χ1) is 9.00. The van der Waals surface area contributed by atoms with Crippen molar-refractivity contribution in [2.45, 2.75) is 40.2 Å². The molecule has 0 spiro atoms. The molecule has 20 heavy (non-hydrogen) atoms. The summed E-state index contributed by atoms with van der Waals surface area (Å²) in [4.78, 5) is 25.9. The number of aromatic nitrogens is 1. The molecule has 0 saturated heterocycles. The van der Waals surface area contributed by atoms with E-state index in [-0.39, 0.29) is 11.5 Å². The molecule has 7 nitrogen and oxygen atoms in total. The molecule has 1 aromatic heterocycles. The van der Waals surface area contributed by atoms with E-state index in [9.17, 15) is 20.0 Å². The zero-order valence-electron chi connectivity index (χ0n) is 12.2. The number of carbonyl (C=O) groups is 1. The number of anilines is 1. The van der Waals surface area contributed by atoms with Gasteiger partial charge in [0.15, 0.2) is 0 Å². The molecule has 2 N–H and O–H groups in total. The minimum atomic E-state index is -1.13. The van der Waals surface area contributed by atoms with Gasteiger partial charge in [0.25, 0.3) is 0 Å². The lowest BCUT2D eigenvalue weighted by molar-refractivity contribution is -0.384. The molecule has 0 bridgehead atoms. The fraction of sp³-hybridized carbons (Fsp3) is 0.538. The first-order valence-electron chi connectivity index (χ1n) is 6.12. The Hall–Kier alpha value is -2.18. The minimum absolute atomic E-state index is 0.0781. The molecule has 1 rings (SSSR count). The molecule has 0 fully saturated rings. The minimum Gasteiger partial charge on any atom is -0.481 e. The fourth-order valence-electron chi connectivity index (χ4n) is 1.59. The van der Waals surface area contributed by atoms with Crippen LogP contribution < -0.4 is 5.32 Å². The highest BCUT2D eigenvalue weighted by molar-refractivity contribution is 5.77. The van der Waals surface area contributed by atoms with Crippen molar-refractivity contribution in [2.75, 3.05) is 5.32 Å². The molecule has 7 heteroatoms. The van der Waals surface area contributed by atoms with Gasteiger partial charge < -0.3 is 10.4 Å². The van der Waals surface area contributed by atoms with Crippen molar-refractivity contribution >= 4 is 17.5 Å². The normalized spacial score (nSPS) is 12.1. The van der Waals surface area contributed by atoms with Gasteiger partial charge in [-0.1, -0.05) is 0 Å². The molecule has 110 valence electrons. The number of pyridine rings is 1. The lowest BCUT2D eigenvalue weighted by Crippen LogP contribution is -2.50. The van der Waals surface area contributed by atoms with Crippen LogP contribution in [0.2, 0.25) is 0 Å². The SMILES string of the molecule is Cc1ccnc(NC(C)(C)C(C)(C)C(=O)O)c1[N+](=O)[O-]. The number of carboxylic acid groups (broad SMARTS) is 1. The van der Waals surface area contributed by atoms with Crippen LogP contribution in [0.5, 0.6) is 0 Å². The van der Waals surface area contributed by atoms with E-state index in [1.165, 1.54) is 6.20 Å². The van der Waals surface area contributed by atoms with Gasteiger partial charge in [0.2, 0.25) is 5.82 Å². The second-order valence-electron chi connectivity index (χ2n) is 5.76. The Morgan fingerprint density at radius 3 is 2.40 bits per heavy atom. The molecule has 1 aromatic rings. The van der Waals surface area contributed by atoms with Crippen LogP contribution >= 0.6 is 0 Å². The maximum atomic E-state index is 11.3. The van der Waals surface area contributed by atoms with Crippen LogP contribution in [0.15, 0.2) is 12.3 Å². The molecule has 0 amide bonds. The van der Waals surface area contributed by atoms with Crippen molar-refractivity contribution in [3.8, 4) is 0 Å². The number of hydrogen-bond acceptors (Lipinski definition) is 5. The fourth-order valence-corrected chi connectivity index (χ4v) is 1.59. The highest BCUT2D eigenvalue weighted by atomic mass is 16.6. The summed E-state index contributed by atoms with van der Waals surface area (Å²) in [5.41, 5.74) is -1.73. The van der Waals surface area contributed by atoms with Crippen LogP contribution in [-0.4, -0.2) is 26.5 Å². The Morgan fingerprint density at radius 2 is 1.95 bits per heavy atom. The molecule has 0 atom stereocenters. The van der Waals surface area contributed by atoms with Crippen molar-refractivity contribution in [2.24, 2.45) is 5.41 Å². The van der Waals surface area contributed by atoms with E-state index in [2.05, 4.69) is 10.3 Å². The summed E-state index contributed by atoms with van der Waals surface area (Å²) in [6, 6.07) is 1.54. The third kappa shape index (κ3) is 2.71. The second kappa shape index (κ2) is 5.07. The summed E-state index contributed by atoms with van der Waals surface area (Å²) < 4.78 is 0. The molecular weight excluding hydrogens is 262 g/mol. The van der Waals surface area contributed by atoms with Crippen molar-refractivity contribution in [3.63, 3.8) is 0 Å². The number of carboxylic acids is 1. The van der Waals surface area contributed by atoms with Gasteiger partial charge in [-0.15, -0.1) is 0 Å². The van der Waals surface area contributed by atoms with Crippen molar-refractivity contribution in [1.82, 2.24) is 4.98 Å². The largest absolute Gasteiger partial charge is 0.481 e. The van der Waals surface area contributed by atoms with Gasteiger partial charge in [-0.25, -0.2) is 4.98 Å². The van der Waals surface area contributed by atoms with Crippen molar-refractivity contribution in [1.29, 1.82) is 0 Å². The van der Waals surface area contributed by atoms with Crippen LogP contribution in [-0.2, 0) is 4.79 Å². The van der Waals surface area contributed by atoms with Gasteiger partial charge in [0.05, 0.1) is 10.3 Å². The second-order valence-corrected chi connectivity index (χ2v) is 5.76. The maximum Gasteiger partial charge on any atom is 0.314 e. The highest BCUT2D eigenvalue weighted by Gasteiger charge is 2.44. The summed E-state index contributed by atoms with van der Waals surface area (Å²) in [6.07, 6.45) is 1.45. The standard InChI is InChI=1S/C13H19N3O4/c1-8-6-7-14-10(9(8)16(19)20)15-13(4,5)12(2,3)11(17)18/h6-7H,1-5H3,(H,14,15)(H,17,18). The van der Waals surface area contributed by atoms with E-state index < -0.39 is 21.8 Å². The van der Waals surface area contributed by atoms with Crippen molar-refractivity contribution < 1.29 is 14.8 Å². The Morgan fingerprint density at radius 1 is 1.40 bits per heavy atom. The van der Waals surface area contributed by atoms with Crippen LogP contribution in [0.4, 0.5) is 11.5 Å². The van der Waals surface area contributed by atoms with Gasteiger partial charge >= 0.3 is 11.7 Å². The number of aliphatic carboxylic acids is 1. The van der Waals surface area contributed by atoms with Crippen LogP contribution in [0, 0.1) is 22.5 Å². The van der Waals surface area contributed by atoms with Crippen molar-refractivity contribution in [3.05, 3.63) is 27.9 Å². The van der Waals surface area contributed by atoms with Crippen LogP contribution in [0.25, 0.3) is 0 Å². The number of nitrogens with zero attached hydrogens (tertiary/aromatic N) is 2. The average molecular weight is 281 g/mol. The molecule has 1 heterocycles. The maximum absolute atomic E-state index is 11.3. The Labute approximate surface area is 117 Å². The Bertz CT molecular complexity index is 553. The van der Waals surface area contributed by atoms with E-state index in [1.807, 2.05) is 0 Å². The van der Waals surface area contributed by atoms with Crippen LogP contribution in [0.3, 0.4) is 0 Å². The molecule has 0 aliphatic carbocycles. The monoisotopic (exact) mass is 281 g/mol. The van der Waals surface area contributed by atoms with Gasteiger partial charge in [-0.2, -0.15) is 0 Å². The average Bonchev–Trinajstić information content (AvgIpc) is 2.27. The molecule has 0 radical (unpaired) electrons. The third-order valence-corrected chi connectivity index (χ3v) is 3.84. The van der Waals surface area contributed by atoms with Gasteiger partial charge in [0.1, 0.15) is 0 Å². The molecule has 0 unspecified atom stereocenters. The first kappa shape index (κ1) is 15.9. The predicted octanol–water partition coefficient (Wildman–Crippen LogP) is 2.60. The summed E-state index contributed by atoms with van der Waals surface area (Å²) in [7, 11) is 0. The summed E-state index contributed by atoms with van der Waals surface area (Å²) in [5.74, 6) is -0.917. The zero-order chi connectivity index (χ0) is 15.7. The highest BCUT2D eigenvalue weighted by Crippen LogP contribution is 2.36. The molecule has 0 saturated carbocycles. The van der Waals surface area contributed by atoms with E-state index in [0.717, 1.165) is 0 Å². The Kier molecular flexibility index (Phi) is 4.02. The van der Waals surface area contributed by atoms with Gasteiger partial charge in [-0.3, -0.25) is 14.9 Å². The number of aryl methyl sites for hydroxylation is 1. The lowest BCUT2D eigenvalue weighted by atomic mass is 9.74. The van der Waals surface area contributed by atoms with E-state index in [4.69, 9.17) is 0 Å². The Balaban J connectivity index is 3.26. The smallest absolute Gasteiger partial charge is 0.314 e. The zero-order valence-corrected chi connectivity index (χ0v) is 12.2. The van der Waals surface area contributed by atoms with Gasteiger partial charge in [-0.05, 0) is 40.7 Å². The van der Waals surface area contributed by atoms with E-state index in [0.29, 0.717) is 5.56 Å². The number of nitro groups is 1. The van der Waals surface area contributed by atoms with Gasteiger partial charge in [0, 0.05) is 17.3 Å². The third-order valence-electron chi connectivity index (χ3n) is 3.84. The molecule has 0 aliphatic rings. The molecule has 0 aliphatic heterocycles. The van der Waals surface area contributed by atoms with E-state index in [1.54, 1.807) is 40.7 Å². The number of hydrogen-bond donors (Lipinski definition) is 2. The summed E-state index contributed by atoms with van der Waals surface area (Å²) >= 11 is 0. The molecule has 0 aromatic carbocycles. The summed E-state index contributed by atoms with van der Waals surface area (Å²) in [6.45, 7) is 8.08. The van der Waals surface area contributed by atoms with Crippen LogP contribution in [0.1, 0.15) is 33.3 Å². The molecular formula is C13H19N3O4. The summed E-state index contributed by atoms with van der Waals surface area (Å²) in [5, 5.41) is 23.3. The number of rotatable bonds is 5. The predicted molar refractivity (Wildman–Crippen MR) is 74.7 cm³/mol. The van der Waals surface area contributed by atoms with E-state index >= 15 is 0 Å².